The Kier molecular flexibility index (Phi) is 3.96. The third-order valence-corrected chi connectivity index (χ3v) is 3.70. The van der Waals surface area contributed by atoms with E-state index in [2.05, 4.69) is 4.98 Å². The van der Waals surface area contributed by atoms with Crippen LogP contribution in [0, 0.1) is 11.6 Å². The molecular weight excluding hydrogens is 298 g/mol. The summed E-state index contributed by atoms with van der Waals surface area (Å²) in [5.74, 6) is -2.98. The molecule has 0 atom stereocenters. The molecule has 1 aromatic heterocycles. The van der Waals surface area contributed by atoms with Crippen LogP contribution in [0.3, 0.4) is 0 Å². The first-order valence-corrected chi connectivity index (χ1v) is 7.17. The zero-order valence-corrected chi connectivity index (χ0v) is 12.8. The van der Waals surface area contributed by atoms with Gasteiger partial charge < -0.3 is 10.0 Å². The number of hydrogen-bond acceptors (Lipinski definition) is 3. The molecule has 3 aromatic rings. The van der Waals surface area contributed by atoms with Crippen LogP contribution in [0.15, 0.2) is 42.6 Å². The van der Waals surface area contributed by atoms with Gasteiger partial charge in [-0.2, -0.15) is 4.39 Å². The lowest BCUT2D eigenvalue weighted by molar-refractivity contribution is 0.404. The normalized spacial score (nSPS) is 11.3. The highest BCUT2D eigenvalue weighted by molar-refractivity contribution is 5.88. The monoisotopic (exact) mass is 314 g/mol. The summed E-state index contributed by atoms with van der Waals surface area (Å²) in [5, 5.41) is 10.8. The van der Waals surface area contributed by atoms with E-state index in [0.717, 1.165) is 29.1 Å². The van der Waals surface area contributed by atoms with Crippen molar-refractivity contribution in [1.29, 1.82) is 0 Å². The molecule has 5 heteroatoms. The van der Waals surface area contributed by atoms with E-state index in [-0.39, 0.29) is 5.56 Å². The quantitative estimate of drug-likeness (QED) is 0.795. The number of fused-ring (bicyclic) bond motifs is 1. The Hall–Kier alpha value is -2.53. The summed E-state index contributed by atoms with van der Waals surface area (Å²) in [6.07, 6.45) is 1.75. The summed E-state index contributed by atoms with van der Waals surface area (Å²) in [5.41, 5.74) is 2.76. The van der Waals surface area contributed by atoms with Crippen molar-refractivity contribution in [1.82, 2.24) is 9.88 Å². The first-order valence-electron chi connectivity index (χ1n) is 7.17. The minimum absolute atomic E-state index is 0.255. The van der Waals surface area contributed by atoms with E-state index in [1.165, 1.54) is 6.07 Å². The van der Waals surface area contributed by atoms with Gasteiger partial charge >= 0.3 is 0 Å². The summed E-state index contributed by atoms with van der Waals surface area (Å²) in [7, 11) is 3.94. The first kappa shape index (κ1) is 15.4. The van der Waals surface area contributed by atoms with E-state index in [0.29, 0.717) is 5.56 Å². The Bertz CT molecular complexity index is 878. The Morgan fingerprint density at radius 2 is 1.87 bits per heavy atom. The van der Waals surface area contributed by atoms with Crippen LogP contribution >= 0.6 is 0 Å². The number of rotatable bonds is 3. The lowest BCUT2D eigenvalue weighted by Crippen LogP contribution is -2.11. The highest BCUT2D eigenvalue weighted by Gasteiger charge is 2.14. The van der Waals surface area contributed by atoms with Crippen molar-refractivity contribution in [3.05, 3.63) is 59.8 Å². The van der Waals surface area contributed by atoms with Crippen molar-refractivity contribution >= 4 is 10.9 Å². The van der Waals surface area contributed by atoms with Crippen LogP contribution in [-0.4, -0.2) is 29.1 Å². The van der Waals surface area contributed by atoms with E-state index in [1.54, 1.807) is 12.3 Å². The van der Waals surface area contributed by atoms with E-state index < -0.39 is 17.4 Å². The average molecular weight is 314 g/mol. The first-order chi connectivity index (χ1) is 11.0. The van der Waals surface area contributed by atoms with Crippen LogP contribution < -0.4 is 0 Å². The standard InChI is InChI=1S/C18H16F2N2O/c1-22(2)10-12-7-8-21-16-6-3-11(9-14(12)16)13-4-5-15(19)17(20)18(13)23/h3-9,23H,10H2,1-2H3. The van der Waals surface area contributed by atoms with E-state index in [1.807, 2.05) is 37.2 Å². The number of phenolic OH excluding ortho intramolecular Hbond substituents is 1. The number of aromatic hydroxyl groups is 1. The highest BCUT2D eigenvalue weighted by Crippen LogP contribution is 2.34. The molecule has 1 heterocycles. The summed E-state index contributed by atoms with van der Waals surface area (Å²) in [6.45, 7) is 0.728. The minimum Gasteiger partial charge on any atom is -0.504 e. The molecule has 3 nitrogen and oxygen atoms in total. The largest absolute Gasteiger partial charge is 0.504 e. The number of benzene rings is 2. The molecule has 23 heavy (non-hydrogen) atoms. The van der Waals surface area contributed by atoms with E-state index >= 15 is 0 Å². The topological polar surface area (TPSA) is 36.4 Å². The Morgan fingerprint density at radius 3 is 2.61 bits per heavy atom. The molecule has 0 amide bonds. The minimum atomic E-state index is -1.23. The van der Waals surface area contributed by atoms with Gasteiger partial charge in [-0.15, -0.1) is 0 Å². The van der Waals surface area contributed by atoms with Gasteiger partial charge in [0.05, 0.1) is 5.52 Å². The van der Waals surface area contributed by atoms with Crippen molar-refractivity contribution in [3.63, 3.8) is 0 Å². The van der Waals surface area contributed by atoms with Gasteiger partial charge in [0.25, 0.3) is 0 Å². The molecule has 0 radical (unpaired) electrons. The average Bonchev–Trinajstić information content (AvgIpc) is 2.52. The van der Waals surface area contributed by atoms with Gasteiger partial charge in [-0.3, -0.25) is 4.98 Å². The van der Waals surface area contributed by atoms with Gasteiger partial charge in [0, 0.05) is 23.7 Å². The second-order valence-corrected chi connectivity index (χ2v) is 5.70. The van der Waals surface area contributed by atoms with Crippen LogP contribution in [-0.2, 0) is 6.54 Å². The fourth-order valence-electron chi connectivity index (χ4n) is 2.62. The molecule has 2 aromatic carbocycles. The summed E-state index contributed by atoms with van der Waals surface area (Å²) >= 11 is 0. The predicted octanol–water partition coefficient (Wildman–Crippen LogP) is 3.95. The number of aromatic nitrogens is 1. The molecule has 0 aliphatic rings. The molecule has 3 rings (SSSR count). The summed E-state index contributed by atoms with van der Waals surface area (Å²) in [4.78, 5) is 6.36. The van der Waals surface area contributed by atoms with Gasteiger partial charge in [0.1, 0.15) is 0 Å². The molecule has 0 fully saturated rings. The molecule has 0 aliphatic heterocycles. The number of pyridine rings is 1. The number of phenols is 1. The third kappa shape index (κ3) is 2.87. The Balaban J connectivity index is 2.18. The maximum atomic E-state index is 13.6. The number of nitrogens with zero attached hydrogens (tertiary/aromatic N) is 2. The summed E-state index contributed by atoms with van der Waals surface area (Å²) in [6, 6.07) is 9.70. The Labute approximate surface area is 132 Å². The van der Waals surface area contributed by atoms with Gasteiger partial charge in [-0.05, 0) is 55.6 Å². The zero-order valence-electron chi connectivity index (χ0n) is 12.8. The van der Waals surface area contributed by atoms with Gasteiger partial charge in [0.2, 0.25) is 5.82 Å². The second kappa shape index (κ2) is 5.93. The smallest absolute Gasteiger partial charge is 0.200 e. The van der Waals surface area contributed by atoms with Gasteiger partial charge in [-0.25, -0.2) is 4.39 Å². The molecule has 0 spiro atoms. The van der Waals surface area contributed by atoms with Crippen LogP contribution in [0.5, 0.6) is 5.75 Å². The van der Waals surface area contributed by atoms with Crippen LogP contribution in [0.1, 0.15) is 5.56 Å². The molecule has 1 N–H and O–H groups in total. The third-order valence-electron chi connectivity index (χ3n) is 3.70. The maximum Gasteiger partial charge on any atom is 0.200 e. The van der Waals surface area contributed by atoms with E-state index in [4.69, 9.17) is 0 Å². The summed E-state index contributed by atoms with van der Waals surface area (Å²) < 4.78 is 26.8. The molecule has 0 bridgehead atoms. The molecule has 0 saturated carbocycles. The SMILES string of the molecule is CN(C)Cc1ccnc2ccc(-c3ccc(F)c(F)c3O)cc12. The molecule has 0 unspecified atom stereocenters. The number of hydrogen-bond donors (Lipinski definition) is 1. The number of halogens is 2. The van der Waals surface area contributed by atoms with Crippen molar-refractivity contribution in [3.8, 4) is 16.9 Å². The molecule has 0 aliphatic carbocycles. The zero-order chi connectivity index (χ0) is 16.6. The molecular formula is C18H16F2N2O. The second-order valence-electron chi connectivity index (χ2n) is 5.70. The predicted molar refractivity (Wildman–Crippen MR) is 86.2 cm³/mol. The van der Waals surface area contributed by atoms with Crippen molar-refractivity contribution in [2.75, 3.05) is 14.1 Å². The van der Waals surface area contributed by atoms with Gasteiger partial charge in [-0.1, -0.05) is 6.07 Å². The van der Waals surface area contributed by atoms with Crippen molar-refractivity contribution in [2.45, 2.75) is 6.54 Å². The lowest BCUT2D eigenvalue weighted by atomic mass is 9.99. The van der Waals surface area contributed by atoms with Crippen molar-refractivity contribution < 1.29 is 13.9 Å². The van der Waals surface area contributed by atoms with E-state index in [9.17, 15) is 13.9 Å². The Morgan fingerprint density at radius 1 is 1.09 bits per heavy atom. The van der Waals surface area contributed by atoms with Crippen LogP contribution in [0.4, 0.5) is 8.78 Å². The molecule has 118 valence electrons. The maximum absolute atomic E-state index is 13.6. The van der Waals surface area contributed by atoms with Crippen LogP contribution in [0.25, 0.3) is 22.0 Å². The van der Waals surface area contributed by atoms with Crippen LogP contribution in [0.2, 0.25) is 0 Å². The van der Waals surface area contributed by atoms with Crippen molar-refractivity contribution in [2.24, 2.45) is 0 Å². The fraction of sp³-hybridized carbons (Fsp3) is 0.167. The van der Waals surface area contributed by atoms with Gasteiger partial charge in [0.15, 0.2) is 11.6 Å². The highest BCUT2D eigenvalue weighted by atomic mass is 19.2. The fourth-order valence-corrected chi connectivity index (χ4v) is 2.62. The lowest BCUT2D eigenvalue weighted by Gasteiger charge is -2.13. The molecule has 0 saturated heterocycles.